The molecule has 0 aliphatic rings. The van der Waals surface area contributed by atoms with Crippen LogP contribution in [-0.4, -0.2) is 32.6 Å². The molecule has 1 rings (SSSR count). The predicted octanol–water partition coefficient (Wildman–Crippen LogP) is 1.32. The van der Waals surface area contributed by atoms with Gasteiger partial charge in [-0.3, -0.25) is 9.59 Å². The standard InChI is InChI=1S/C10H6F6N2O4S/c11-9(12,13)7(19)18(8(20)10(14,15)16)5-1-3-6(4-2-5)23(17,21)22/h1-4H,(H2,17,21,22). The Morgan fingerprint density at radius 3 is 1.48 bits per heavy atom. The van der Waals surface area contributed by atoms with E-state index in [2.05, 4.69) is 0 Å². The van der Waals surface area contributed by atoms with Crippen LogP contribution >= 0.6 is 0 Å². The number of primary sulfonamides is 1. The molecule has 23 heavy (non-hydrogen) atoms. The minimum Gasteiger partial charge on any atom is -0.263 e. The fourth-order valence-electron chi connectivity index (χ4n) is 1.37. The average Bonchev–Trinajstić information content (AvgIpc) is 2.36. The predicted molar refractivity (Wildman–Crippen MR) is 62.4 cm³/mol. The smallest absolute Gasteiger partial charge is 0.263 e. The lowest BCUT2D eigenvalue weighted by Crippen LogP contribution is -2.50. The Balaban J connectivity index is 3.42. The Hall–Kier alpha value is -2.15. The first-order chi connectivity index (χ1) is 10.2. The largest absolute Gasteiger partial charge is 0.472 e. The SMILES string of the molecule is NS(=O)(=O)c1ccc(N(C(=O)C(F)(F)F)C(=O)C(F)(F)F)cc1. The van der Waals surface area contributed by atoms with Crippen LogP contribution < -0.4 is 10.0 Å². The van der Waals surface area contributed by atoms with Gasteiger partial charge in [0.25, 0.3) is 0 Å². The van der Waals surface area contributed by atoms with Gasteiger partial charge in [-0.2, -0.15) is 26.3 Å². The molecule has 0 aromatic heterocycles. The molecule has 2 N–H and O–H groups in total. The number of alkyl halides is 6. The molecule has 0 atom stereocenters. The topological polar surface area (TPSA) is 97.5 Å². The molecule has 0 heterocycles. The van der Waals surface area contributed by atoms with Crippen molar-refractivity contribution in [1.29, 1.82) is 0 Å². The highest BCUT2D eigenvalue weighted by Crippen LogP contribution is 2.29. The van der Waals surface area contributed by atoms with Crippen molar-refractivity contribution in [2.24, 2.45) is 5.14 Å². The number of rotatable bonds is 2. The molecule has 1 aromatic carbocycles. The van der Waals surface area contributed by atoms with Crippen molar-refractivity contribution in [1.82, 2.24) is 0 Å². The normalized spacial score (nSPS) is 12.8. The van der Waals surface area contributed by atoms with Crippen LogP contribution in [0.15, 0.2) is 29.2 Å². The first kappa shape index (κ1) is 18.9. The molecule has 0 radical (unpaired) electrons. The number of hydrogen-bond donors (Lipinski definition) is 1. The van der Waals surface area contributed by atoms with Crippen molar-refractivity contribution in [3.8, 4) is 0 Å². The minimum atomic E-state index is -5.76. The van der Waals surface area contributed by atoms with Crippen molar-refractivity contribution in [3.63, 3.8) is 0 Å². The summed E-state index contributed by atoms with van der Waals surface area (Å²) < 4.78 is 96.2. The lowest BCUT2D eigenvalue weighted by molar-refractivity contribution is -0.181. The molecule has 0 saturated carbocycles. The third-order valence-corrected chi connectivity index (χ3v) is 3.24. The number of amides is 2. The summed E-state index contributed by atoms with van der Waals surface area (Å²) in [5.74, 6) is -6.16. The zero-order valence-corrected chi connectivity index (χ0v) is 11.5. The van der Waals surface area contributed by atoms with Crippen molar-refractivity contribution in [2.45, 2.75) is 17.2 Å². The minimum absolute atomic E-state index is 0.410. The van der Waals surface area contributed by atoms with Crippen LogP contribution in [0.4, 0.5) is 32.0 Å². The van der Waals surface area contributed by atoms with Gasteiger partial charge in [-0.1, -0.05) is 0 Å². The van der Waals surface area contributed by atoms with Crippen LogP contribution in [0.1, 0.15) is 0 Å². The van der Waals surface area contributed by atoms with Gasteiger partial charge in [-0.25, -0.2) is 18.5 Å². The van der Waals surface area contributed by atoms with E-state index in [4.69, 9.17) is 5.14 Å². The van der Waals surface area contributed by atoms with E-state index in [0.29, 0.717) is 24.3 Å². The maximum atomic E-state index is 12.4. The molecule has 6 nitrogen and oxygen atoms in total. The molecule has 0 saturated heterocycles. The van der Waals surface area contributed by atoms with Gasteiger partial charge in [0, 0.05) is 0 Å². The molecule has 0 unspecified atom stereocenters. The summed E-state index contributed by atoms with van der Waals surface area (Å²) in [5, 5.41) is 4.71. The molecule has 2 amide bonds. The summed E-state index contributed by atoms with van der Waals surface area (Å²) in [5.41, 5.74) is -1.12. The molecule has 0 bridgehead atoms. The zero-order chi connectivity index (χ0) is 18.2. The molecule has 0 spiro atoms. The highest BCUT2D eigenvalue weighted by atomic mass is 32.2. The van der Waals surface area contributed by atoms with E-state index in [0.717, 1.165) is 0 Å². The van der Waals surface area contributed by atoms with Crippen molar-refractivity contribution < 1.29 is 44.3 Å². The van der Waals surface area contributed by atoms with Gasteiger partial charge < -0.3 is 0 Å². The van der Waals surface area contributed by atoms with Crippen LogP contribution in [0.3, 0.4) is 0 Å². The number of anilines is 1. The van der Waals surface area contributed by atoms with E-state index in [1.54, 1.807) is 0 Å². The monoisotopic (exact) mass is 364 g/mol. The van der Waals surface area contributed by atoms with E-state index in [1.165, 1.54) is 0 Å². The summed E-state index contributed by atoms with van der Waals surface area (Å²) in [6, 6.07) is 1.91. The van der Waals surface area contributed by atoms with Crippen molar-refractivity contribution in [2.75, 3.05) is 4.90 Å². The second-order valence-corrected chi connectivity index (χ2v) is 5.54. The Morgan fingerprint density at radius 2 is 1.22 bits per heavy atom. The first-order valence-electron chi connectivity index (χ1n) is 5.31. The molecule has 13 heteroatoms. The molecule has 0 aliphatic carbocycles. The van der Waals surface area contributed by atoms with Gasteiger partial charge in [0.05, 0.1) is 10.6 Å². The number of carbonyl (C=O) groups is 2. The van der Waals surface area contributed by atoms with Crippen molar-refractivity contribution in [3.05, 3.63) is 24.3 Å². The highest BCUT2D eigenvalue weighted by Gasteiger charge is 2.52. The number of nitrogens with two attached hydrogens (primary N) is 1. The van der Waals surface area contributed by atoms with Gasteiger partial charge in [0.2, 0.25) is 10.0 Å². The van der Waals surface area contributed by atoms with Gasteiger partial charge in [-0.15, -0.1) is 0 Å². The number of carbonyl (C=O) groups excluding carboxylic acids is 2. The zero-order valence-electron chi connectivity index (χ0n) is 10.6. The highest BCUT2D eigenvalue weighted by molar-refractivity contribution is 7.89. The van der Waals surface area contributed by atoms with E-state index in [9.17, 15) is 44.3 Å². The number of sulfonamides is 1. The van der Waals surface area contributed by atoms with E-state index < -0.39 is 49.7 Å². The number of nitrogens with zero attached hydrogens (tertiary/aromatic N) is 1. The summed E-state index contributed by atoms with van der Waals surface area (Å²) in [6.07, 6.45) is -11.5. The molecule has 1 aromatic rings. The average molecular weight is 364 g/mol. The van der Waals surface area contributed by atoms with Crippen LogP contribution in [0.25, 0.3) is 0 Å². The Morgan fingerprint density at radius 1 is 0.870 bits per heavy atom. The van der Waals surface area contributed by atoms with Gasteiger partial charge in [0.15, 0.2) is 0 Å². The summed E-state index contributed by atoms with van der Waals surface area (Å²) in [7, 11) is -4.28. The molecule has 0 aliphatic heterocycles. The summed E-state index contributed by atoms with van der Waals surface area (Å²) in [6.45, 7) is 0. The number of imide groups is 1. The van der Waals surface area contributed by atoms with E-state index in [-0.39, 0.29) is 0 Å². The molecular formula is C10H6F6N2O4S. The Bertz CT molecular complexity index is 697. The summed E-state index contributed by atoms with van der Waals surface area (Å²) >= 11 is 0. The maximum absolute atomic E-state index is 12.4. The third-order valence-electron chi connectivity index (χ3n) is 2.31. The lowest BCUT2D eigenvalue weighted by atomic mass is 10.2. The number of halogens is 6. The van der Waals surface area contributed by atoms with E-state index >= 15 is 0 Å². The van der Waals surface area contributed by atoms with Crippen LogP contribution in [-0.2, 0) is 19.6 Å². The summed E-state index contributed by atoms with van der Waals surface area (Å²) in [4.78, 5) is 20.4. The second-order valence-electron chi connectivity index (χ2n) is 3.98. The second kappa shape index (κ2) is 5.81. The van der Waals surface area contributed by atoms with Crippen LogP contribution in [0.2, 0.25) is 0 Å². The number of hydrogen-bond acceptors (Lipinski definition) is 4. The van der Waals surface area contributed by atoms with Crippen molar-refractivity contribution >= 4 is 27.5 Å². The third kappa shape index (κ3) is 4.41. The van der Waals surface area contributed by atoms with Gasteiger partial charge in [-0.05, 0) is 24.3 Å². The fourth-order valence-corrected chi connectivity index (χ4v) is 1.88. The fraction of sp³-hybridized carbons (Fsp3) is 0.200. The molecular weight excluding hydrogens is 358 g/mol. The quantitative estimate of drug-likeness (QED) is 0.801. The number of benzene rings is 1. The van der Waals surface area contributed by atoms with Gasteiger partial charge >= 0.3 is 24.2 Å². The Kier molecular flexibility index (Phi) is 4.77. The maximum Gasteiger partial charge on any atom is 0.472 e. The van der Waals surface area contributed by atoms with Crippen LogP contribution in [0, 0.1) is 0 Å². The first-order valence-corrected chi connectivity index (χ1v) is 6.85. The molecule has 128 valence electrons. The van der Waals surface area contributed by atoms with Gasteiger partial charge in [0.1, 0.15) is 0 Å². The lowest BCUT2D eigenvalue weighted by Gasteiger charge is -2.23. The van der Waals surface area contributed by atoms with Crippen LogP contribution in [0.5, 0.6) is 0 Å². The van der Waals surface area contributed by atoms with E-state index in [1.807, 2.05) is 0 Å². The molecule has 0 fully saturated rings. The Labute approximate surface area is 124 Å².